The molecule has 0 bridgehead atoms. The van der Waals surface area contributed by atoms with Gasteiger partial charge in [0.05, 0.1) is 5.56 Å². The number of anilines is 1. The zero-order valence-electron chi connectivity index (χ0n) is 16.8. The van der Waals surface area contributed by atoms with Crippen molar-refractivity contribution in [3.8, 4) is 0 Å². The first-order valence-corrected chi connectivity index (χ1v) is 9.96. The smallest absolute Gasteiger partial charge is 0.339 e. The minimum Gasteiger partial charge on any atom is -0.435 e. The van der Waals surface area contributed by atoms with E-state index >= 15 is 0 Å². The van der Waals surface area contributed by atoms with E-state index in [4.69, 9.17) is 4.74 Å². The van der Waals surface area contributed by atoms with Gasteiger partial charge in [-0.25, -0.2) is 4.79 Å². The molecular formula is C27H21NO3. The van der Waals surface area contributed by atoms with Crippen molar-refractivity contribution in [2.75, 3.05) is 5.32 Å². The number of hydrogen-bond acceptors (Lipinski definition) is 3. The maximum absolute atomic E-state index is 13.8. The molecule has 152 valence electrons. The molecule has 4 aromatic rings. The highest BCUT2D eigenvalue weighted by atomic mass is 16.6. The quantitative estimate of drug-likeness (QED) is 0.434. The molecule has 4 aromatic carbocycles. The van der Waals surface area contributed by atoms with Gasteiger partial charge in [-0.1, -0.05) is 97.1 Å². The average molecular weight is 407 g/mol. The highest BCUT2D eigenvalue weighted by Crippen LogP contribution is 2.36. The fourth-order valence-electron chi connectivity index (χ4n) is 3.45. The molecule has 1 amide bonds. The number of carbonyl (C=O) groups is 2. The Balaban J connectivity index is 1.86. The van der Waals surface area contributed by atoms with Crippen LogP contribution in [-0.4, -0.2) is 11.9 Å². The van der Waals surface area contributed by atoms with E-state index < -0.39 is 17.5 Å². The molecule has 0 unspecified atom stereocenters. The van der Waals surface area contributed by atoms with E-state index in [-0.39, 0.29) is 0 Å². The van der Waals surface area contributed by atoms with Gasteiger partial charge in [-0.3, -0.25) is 4.79 Å². The van der Waals surface area contributed by atoms with Crippen LogP contribution in [0.25, 0.3) is 0 Å². The summed E-state index contributed by atoms with van der Waals surface area (Å²) in [7, 11) is 0. The Morgan fingerprint density at radius 2 is 1.00 bits per heavy atom. The molecule has 0 spiro atoms. The number of amides is 1. The minimum absolute atomic E-state index is 0.367. The van der Waals surface area contributed by atoms with Gasteiger partial charge in [-0.2, -0.15) is 0 Å². The molecule has 0 aliphatic rings. The third-order valence-corrected chi connectivity index (χ3v) is 4.97. The van der Waals surface area contributed by atoms with Crippen LogP contribution in [0.5, 0.6) is 0 Å². The summed E-state index contributed by atoms with van der Waals surface area (Å²) in [6, 6.07) is 35.9. The summed E-state index contributed by atoms with van der Waals surface area (Å²) in [5.74, 6) is -1.04. The van der Waals surface area contributed by atoms with Crippen molar-refractivity contribution in [1.29, 1.82) is 0 Å². The second-order valence-electron chi connectivity index (χ2n) is 6.99. The van der Waals surface area contributed by atoms with Gasteiger partial charge < -0.3 is 10.1 Å². The third kappa shape index (κ3) is 4.23. The second-order valence-corrected chi connectivity index (χ2v) is 6.99. The van der Waals surface area contributed by atoms with E-state index in [1.54, 1.807) is 60.7 Å². The number of hydrogen-bond donors (Lipinski definition) is 1. The van der Waals surface area contributed by atoms with Crippen molar-refractivity contribution in [3.63, 3.8) is 0 Å². The van der Waals surface area contributed by atoms with Crippen molar-refractivity contribution in [2.45, 2.75) is 5.60 Å². The first-order chi connectivity index (χ1) is 15.2. The van der Waals surface area contributed by atoms with Gasteiger partial charge in [-0.15, -0.1) is 0 Å². The molecule has 31 heavy (non-hydrogen) atoms. The Kier molecular flexibility index (Phi) is 5.90. The summed E-state index contributed by atoms with van der Waals surface area (Å²) in [5, 5.41) is 2.92. The van der Waals surface area contributed by atoms with Gasteiger partial charge in [-0.05, 0) is 24.3 Å². The highest BCUT2D eigenvalue weighted by Gasteiger charge is 2.46. The molecule has 0 saturated carbocycles. The fourth-order valence-corrected chi connectivity index (χ4v) is 3.45. The van der Waals surface area contributed by atoms with Crippen LogP contribution in [0.4, 0.5) is 5.69 Å². The van der Waals surface area contributed by atoms with Crippen molar-refractivity contribution in [3.05, 3.63) is 138 Å². The zero-order chi connectivity index (χ0) is 21.5. The van der Waals surface area contributed by atoms with E-state index in [9.17, 15) is 9.59 Å². The van der Waals surface area contributed by atoms with Gasteiger partial charge in [0.15, 0.2) is 0 Å². The largest absolute Gasteiger partial charge is 0.435 e. The van der Waals surface area contributed by atoms with Gasteiger partial charge in [0.25, 0.3) is 5.91 Å². The van der Waals surface area contributed by atoms with Crippen molar-refractivity contribution < 1.29 is 14.3 Å². The normalized spacial score (nSPS) is 10.8. The van der Waals surface area contributed by atoms with E-state index in [1.807, 2.05) is 60.7 Å². The Labute approximate surface area is 181 Å². The fraction of sp³-hybridized carbons (Fsp3) is 0.0370. The van der Waals surface area contributed by atoms with E-state index in [1.165, 1.54) is 0 Å². The summed E-state index contributed by atoms with van der Waals surface area (Å²) in [6.45, 7) is 0. The first kappa shape index (κ1) is 20.1. The summed E-state index contributed by atoms with van der Waals surface area (Å²) < 4.78 is 6.08. The van der Waals surface area contributed by atoms with Crippen LogP contribution < -0.4 is 5.32 Å². The standard InChI is InChI=1S/C27H21NO3/c29-25(21-13-5-1-6-14-21)31-27(22-15-7-2-8-16-22,23-17-9-3-10-18-23)26(30)28-24-19-11-4-12-20-24/h1-20H,(H,28,30). The summed E-state index contributed by atoms with van der Waals surface area (Å²) in [6.07, 6.45) is 0. The predicted molar refractivity (Wildman–Crippen MR) is 121 cm³/mol. The summed E-state index contributed by atoms with van der Waals surface area (Å²) in [5.41, 5.74) is 0.411. The van der Waals surface area contributed by atoms with Gasteiger partial charge in [0.1, 0.15) is 0 Å². The van der Waals surface area contributed by atoms with Gasteiger partial charge in [0.2, 0.25) is 5.60 Å². The minimum atomic E-state index is -1.68. The van der Waals surface area contributed by atoms with Crippen LogP contribution in [0.2, 0.25) is 0 Å². The topological polar surface area (TPSA) is 55.4 Å². The number of para-hydroxylation sites is 1. The molecule has 0 heterocycles. The van der Waals surface area contributed by atoms with Gasteiger partial charge in [0, 0.05) is 16.8 Å². The van der Waals surface area contributed by atoms with Crippen LogP contribution >= 0.6 is 0 Å². The summed E-state index contributed by atoms with van der Waals surface area (Å²) in [4.78, 5) is 27.0. The van der Waals surface area contributed by atoms with Crippen LogP contribution in [0.1, 0.15) is 21.5 Å². The van der Waals surface area contributed by atoms with E-state index in [0.717, 1.165) is 0 Å². The maximum Gasteiger partial charge on any atom is 0.339 e. The number of esters is 1. The molecular weight excluding hydrogens is 386 g/mol. The Hall–Kier alpha value is -4.18. The van der Waals surface area contributed by atoms with Gasteiger partial charge >= 0.3 is 5.97 Å². The van der Waals surface area contributed by atoms with E-state index in [2.05, 4.69) is 5.32 Å². The number of ether oxygens (including phenoxy) is 1. The third-order valence-electron chi connectivity index (χ3n) is 4.97. The van der Waals surface area contributed by atoms with Crippen LogP contribution in [0.3, 0.4) is 0 Å². The second kappa shape index (κ2) is 9.09. The number of carbonyl (C=O) groups excluding carboxylic acids is 2. The van der Waals surface area contributed by atoms with Crippen molar-refractivity contribution >= 4 is 17.6 Å². The molecule has 4 heteroatoms. The maximum atomic E-state index is 13.8. The predicted octanol–water partition coefficient (Wildman–Crippen LogP) is 5.43. The first-order valence-electron chi connectivity index (χ1n) is 9.96. The Morgan fingerprint density at radius 3 is 1.48 bits per heavy atom. The number of benzene rings is 4. The van der Waals surface area contributed by atoms with Crippen LogP contribution in [0.15, 0.2) is 121 Å². The lowest BCUT2D eigenvalue weighted by molar-refractivity contribution is -0.132. The average Bonchev–Trinajstić information content (AvgIpc) is 2.84. The van der Waals surface area contributed by atoms with E-state index in [0.29, 0.717) is 22.4 Å². The van der Waals surface area contributed by atoms with Crippen molar-refractivity contribution in [1.82, 2.24) is 0 Å². The molecule has 0 radical (unpaired) electrons. The molecule has 4 nitrogen and oxygen atoms in total. The molecule has 0 saturated heterocycles. The molecule has 0 aliphatic carbocycles. The molecule has 4 rings (SSSR count). The van der Waals surface area contributed by atoms with Crippen molar-refractivity contribution in [2.24, 2.45) is 0 Å². The van der Waals surface area contributed by atoms with Crippen LogP contribution in [-0.2, 0) is 15.1 Å². The number of nitrogens with one attached hydrogen (secondary N) is 1. The lowest BCUT2D eigenvalue weighted by atomic mass is 9.84. The molecule has 0 aliphatic heterocycles. The summed E-state index contributed by atoms with van der Waals surface area (Å²) >= 11 is 0. The lowest BCUT2D eigenvalue weighted by Crippen LogP contribution is -2.45. The molecule has 1 N–H and O–H groups in total. The molecule has 0 aromatic heterocycles. The lowest BCUT2D eigenvalue weighted by Gasteiger charge is -2.33. The highest BCUT2D eigenvalue weighted by molar-refractivity contribution is 6.03. The monoisotopic (exact) mass is 407 g/mol. The SMILES string of the molecule is O=C(OC(C(=O)Nc1ccccc1)(c1ccccc1)c1ccccc1)c1ccccc1. The molecule has 0 fully saturated rings. The van der Waals surface area contributed by atoms with Crippen LogP contribution in [0, 0.1) is 0 Å². The molecule has 0 atom stereocenters. The zero-order valence-corrected chi connectivity index (χ0v) is 16.8. The Bertz CT molecular complexity index is 1100. The Morgan fingerprint density at radius 1 is 0.581 bits per heavy atom. The number of rotatable bonds is 6.